The molecule has 1 aliphatic heterocycles. The van der Waals surface area contributed by atoms with Crippen LogP contribution >= 0.6 is 0 Å². The zero-order chi connectivity index (χ0) is 18.8. The van der Waals surface area contributed by atoms with Gasteiger partial charge in [0, 0.05) is 51.7 Å². The molecule has 3 heterocycles. The van der Waals surface area contributed by atoms with Gasteiger partial charge in [-0.2, -0.15) is 0 Å². The normalized spacial score (nSPS) is 14.9. The van der Waals surface area contributed by atoms with E-state index < -0.39 is 11.9 Å². The van der Waals surface area contributed by atoms with Gasteiger partial charge < -0.3 is 10.2 Å². The molecule has 8 heteroatoms. The molecule has 0 atom stereocenters. The molecule has 0 aromatic carbocycles. The van der Waals surface area contributed by atoms with E-state index in [0.29, 0.717) is 0 Å². The average molecular weight is 358 g/mol. The molecule has 0 aliphatic carbocycles. The summed E-state index contributed by atoms with van der Waals surface area (Å²) in [5, 5.41) is 14.8. The van der Waals surface area contributed by atoms with E-state index in [9.17, 15) is 0 Å². The van der Waals surface area contributed by atoms with Crippen LogP contribution in [0.2, 0.25) is 0 Å². The summed E-state index contributed by atoms with van der Waals surface area (Å²) < 4.78 is 0. The Morgan fingerprint density at radius 1 is 0.769 bits per heavy atom. The number of aromatic nitrogens is 2. The average Bonchev–Trinajstić information content (AvgIpc) is 2.65. The zero-order valence-corrected chi connectivity index (χ0v) is 14.4. The second-order valence-corrected chi connectivity index (χ2v) is 5.80. The van der Waals surface area contributed by atoms with Gasteiger partial charge in [0.15, 0.2) is 0 Å². The number of piperazine rings is 1. The summed E-state index contributed by atoms with van der Waals surface area (Å²) in [6.45, 7) is 6.32. The molecule has 1 aliphatic rings. The minimum atomic E-state index is -1.82. The summed E-state index contributed by atoms with van der Waals surface area (Å²) in [5.41, 5.74) is 2.32. The van der Waals surface area contributed by atoms with Gasteiger partial charge in [0.1, 0.15) is 0 Å². The molecule has 1 fully saturated rings. The molecule has 0 saturated carbocycles. The van der Waals surface area contributed by atoms with Crippen molar-refractivity contribution in [2.24, 2.45) is 0 Å². The molecular weight excluding hydrogens is 336 g/mol. The van der Waals surface area contributed by atoms with Gasteiger partial charge in [0.2, 0.25) is 0 Å². The lowest BCUT2D eigenvalue weighted by atomic mass is 10.2. The monoisotopic (exact) mass is 358 g/mol. The molecule has 0 unspecified atom stereocenters. The Hall–Kier alpha value is -2.84. The fourth-order valence-corrected chi connectivity index (χ4v) is 2.55. The van der Waals surface area contributed by atoms with E-state index >= 15 is 0 Å². The van der Waals surface area contributed by atoms with E-state index in [0.717, 1.165) is 50.7 Å². The first-order valence-electron chi connectivity index (χ1n) is 8.25. The van der Waals surface area contributed by atoms with Gasteiger partial charge >= 0.3 is 11.9 Å². The first-order valence-corrected chi connectivity index (χ1v) is 8.25. The number of nitrogens with zero attached hydrogens (tertiary/aromatic N) is 4. The molecule has 0 bridgehead atoms. The number of carbonyl (C=O) groups is 2. The molecule has 2 aromatic heterocycles. The molecule has 3 rings (SSSR count). The Balaban J connectivity index is 0.000000352. The van der Waals surface area contributed by atoms with Crippen molar-refractivity contribution in [2.75, 3.05) is 26.2 Å². The van der Waals surface area contributed by atoms with Crippen molar-refractivity contribution in [2.45, 2.75) is 13.1 Å². The first kappa shape index (κ1) is 19.5. The quantitative estimate of drug-likeness (QED) is 0.778. The lowest BCUT2D eigenvalue weighted by Gasteiger charge is -2.34. The van der Waals surface area contributed by atoms with Gasteiger partial charge in [-0.25, -0.2) is 9.59 Å². The molecule has 8 nitrogen and oxygen atoms in total. The summed E-state index contributed by atoms with van der Waals surface area (Å²) in [7, 11) is 0. The molecule has 0 spiro atoms. The maximum Gasteiger partial charge on any atom is 0.414 e. The molecule has 2 N–H and O–H groups in total. The lowest BCUT2D eigenvalue weighted by molar-refractivity contribution is -0.159. The number of pyridine rings is 2. The number of aliphatic carboxylic acids is 2. The Morgan fingerprint density at radius 2 is 1.15 bits per heavy atom. The van der Waals surface area contributed by atoms with Crippen molar-refractivity contribution in [1.29, 1.82) is 0 Å². The van der Waals surface area contributed by atoms with E-state index in [-0.39, 0.29) is 0 Å². The van der Waals surface area contributed by atoms with Crippen LogP contribution < -0.4 is 0 Å². The zero-order valence-electron chi connectivity index (χ0n) is 14.4. The molecule has 2 aromatic rings. The van der Waals surface area contributed by atoms with Crippen LogP contribution in [0.25, 0.3) is 0 Å². The lowest BCUT2D eigenvalue weighted by Crippen LogP contribution is -2.45. The van der Waals surface area contributed by atoms with Gasteiger partial charge in [-0.1, -0.05) is 12.1 Å². The predicted molar refractivity (Wildman–Crippen MR) is 94.3 cm³/mol. The summed E-state index contributed by atoms with van der Waals surface area (Å²) in [4.78, 5) is 31.9. The van der Waals surface area contributed by atoms with Crippen LogP contribution in [0, 0.1) is 0 Å². The second kappa shape index (κ2) is 10.2. The first-order chi connectivity index (χ1) is 12.5. The van der Waals surface area contributed by atoms with Crippen LogP contribution in [-0.4, -0.2) is 68.1 Å². The predicted octanol–water partition coefficient (Wildman–Crippen LogP) is 0.950. The van der Waals surface area contributed by atoms with Crippen molar-refractivity contribution in [3.05, 3.63) is 60.2 Å². The maximum absolute atomic E-state index is 9.10. The van der Waals surface area contributed by atoms with E-state index in [2.05, 4.69) is 44.0 Å². The molecule has 0 amide bonds. The summed E-state index contributed by atoms with van der Waals surface area (Å²) in [6.07, 6.45) is 3.74. The van der Waals surface area contributed by atoms with Gasteiger partial charge in [-0.15, -0.1) is 0 Å². The van der Waals surface area contributed by atoms with E-state index in [1.165, 1.54) is 0 Å². The largest absolute Gasteiger partial charge is 0.473 e. The number of rotatable bonds is 4. The summed E-state index contributed by atoms with van der Waals surface area (Å²) in [5.74, 6) is -3.65. The smallest absolute Gasteiger partial charge is 0.414 e. The van der Waals surface area contributed by atoms with Crippen molar-refractivity contribution in [3.8, 4) is 0 Å². The van der Waals surface area contributed by atoms with Gasteiger partial charge in [-0.05, 0) is 24.3 Å². The van der Waals surface area contributed by atoms with Crippen LogP contribution in [0.15, 0.2) is 48.8 Å². The van der Waals surface area contributed by atoms with Crippen molar-refractivity contribution >= 4 is 11.9 Å². The van der Waals surface area contributed by atoms with Crippen LogP contribution in [0.5, 0.6) is 0 Å². The van der Waals surface area contributed by atoms with Gasteiger partial charge in [0.25, 0.3) is 0 Å². The molecule has 26 heavy (non-hydrogen) atoms. The number of hydrogen-bond donors (Lipinski definition) is 2. The van der Waals surface area contributed by atoms with Gasteiger partial charge in [-0.3, -0.25) is 19.8 Å². The molecular formula is C18H22N4O4. The minimum absolute atomic E-state index is 0.957. The molecule has 138 valence electrons. The highest BCUT2D eigenvalue weighted by molar-refractivity contribution is 6.27. The summed E-state index contributed by atoms with van der Waals surface area (Å²) in [6, 6.07) is 12.2. The third-order valence-electron chi connectivity index (χ3n) is 3.87. The van der Waals surface area contributed by atoms with Crippen molar-refractivity contribution in [1.82, 2.24) is 19.8 Å². The highest BCUT2D eigenvalue weighted by Gasteiger charge is 2.17. The van der Waals surface area contributed by atoms with E-state index in [1.54, 1.807) is 0 Å². The maximum atomic E-state index is 9.10. The van der Waals surface area contributed by atoms with Crippen LogP contribution in [-0.2, 0) is 22.7 Å². The standard InChI is InChI=1S/C16H20N4.C2H2O4/c1-3-7-17-15(5-1)13-19-9-11-20(12-10-19)14-16-6-2-4-8-18-16;3-1(4)2(5)6/h1-8H,9-14H2;(H,3,4)(H,5,6). The second-order valence-electron chi connectivity index (χ2n) is 5.80. The third kappa shape index (κ3) is 6.96. The Bertz CT molecular complexity index is 627. The number of carboxylic acid groups (broad SMARTS) is 2. The van der Waals surface area contributed by atoms with Crippen LogP contribution in [0.1, 0.15) is 11.4 Å². The minimum Gasteiger partial charge on any atom is -0.473 e. The number of hydrogen-bond acceptors (Lipinski definition) is 6. The number of carboxylic acids is 2. The Labute approximate surface area is 151 Å². The van der Waals surface area contributed by atoms with Crippen molar-refractivity contribution < 1.29 is 19.8 Å². The Morgan fingerprint density at radius 3 is 1.42 bits per heavy atom. The fraction of sp³-hybridized carbons (Fsp3) is 0.333. The van der Waals surface area contributed by atoms with Crippen molar-refractivity contribution in [3.63, 3.8) is 0 Å². The molecule has 1 saturated heterocycles. The highest BCUT2D eigenvalue weighted by atomic mass is 16.4. The van der Waals surface area contributed by atoms with Gasteiger partial charge in [0.05, 0.1) is 11.4 Å². The SMILES string of the molecule is O=C(O)C(=O)O.c1ccc(CN2CCN(Cc3ccccn3)CC2)nc1. The van der Waals surface area contributed by atoms with E-state index in [4.69, 9.17) is 19.8 Å². The summed E-state index contributed by atoms with van der Waals surface area (Å²) >= 11 is 0. The molecule has 0 radical (unpaired) electrons. The van der Waals surface area contributed by atoms with Crippen LogP contribution in [0.4, 0.5) is 0 Å². The highest BCUT2D eigenvalue weighted by Crippen LogP contribution is 2.09. The third-order valence-corrected chi connectivity index (χ3v) is 3.87. The van der Waals surface area contributed by atoms with Crippen LogP contribution in [0.3, 0.4) is 0 Å². The topological polar surface area (TPSA) is 107 Å². The fourth-order valence-electron chi connectivity index (χ4n) is 2.55. The Kier molecular flexibility index (Phi) is 7.66. The van der Waals surface area contributed by atoms with E-state index in [1.807, 2.05) is 24.5 Å².